The summed E-state index contributed by atoms with van der Waals surface area (Å²) in [5.41, 5.74) is 0. The van der Waals surface area contributed by atoms with Crippen LogP contribution in [0.4, 0.5) is 0 Å². The molecule has 0 aliphatic carbocycles. The molecule has 0 aliphatic rings. The fourth-order valence-electron chi connectivity index (χ4n) is 11.0. The second-order valence-electron chi connectivity index (χ2n) is 26.5. The molecule has 0 spiro atoms. The molecule has 91 heavy (non-hydrogen) atoms. The number of carbonyl (C=O) groups is 4. The fourth-order valence-corrected chi connectivity index (χ4v) is 12.6. The zero-order valence-corrected chi connectivity index (χ0v) is 60.8. The molecule has 540 valence electrons. The number of esters is 4. The normalized spacial score (nSPS) is 14.0. The van der Waals surface area contributed by atoms with Crippen molar-refractivity contribution in [3.05, 3.63) is 0 Å². The Morgan fingerprint density at radius 1 is 0.297 bits per heavy atom. The van der Waals surface area contributed by atoms with E-state index in [4.69, 9.17) is 37.0 Å². The minimum atomic E-state index is -4.95. The molecule has 0 aliphatic heterocycles. The molecule has 0 aromatic carbocycles. The number of aliphatic hydroxyl groups is 1. The number of rotatable bonds is 72. The maximum absolute atomic E-state index is 13.0. The zero-order chi connectivity index (χ0) is 67.0. The molecule has 0 heterocycles. The van der Waals surface area contributed by atoms with Gasteiger partial charge in [-0.25, -0.2) is 9.13 Å². The summed E-state index contributed by atoms with van der Waals surface area (Å²) in [7, 11) is -9.90. The molecule has 2 unspecified atom stereocenters. The predicted octanol–water partition coefficient (Wildman–Crippen LogP) is 20.9. The maximum atomic E-state index is 13.0. The van der Waals surface area contributed by atoms with E-state index in [-0.39, 0.29) is 25.7 Å². The monoisotopic (exact) mass is 1340 g/mol. The van der Waals surface area contributed by atoms with Crippen molar-refractivity contribution in [2.75, 3.05) is 39.6 Å². The minimum absolute atomic E-state index is 0.108. The van der Waals surface area contributed by atoms with E-state index >= 15 is 0 Å². The highest BCUT2D eigenvalue weighted by molar-refractivity contribution is 7.47. The van der Waals surface area contributed by atoms with Gasteiger partial charge in [0, 0.05) is 25.7 Å². The Balaban J connectivity index is 5.23. The lowest BCUT2D eigenvalue weighted by Crippen LogP contribution is -2.30. The van der Waals surface area contributed by atoms with Gasteiger partial charge in [0.25, 0.3) is 0 Å². The predicted molar refractivity (Wildman–Crippen MR) is 368 cm³/mol. The summed E-state index contributed by atoms with van der Waals surface area (Å²) in [6, 6.07) is 0. The van der Waals surface area contributed by atoms with Crippen molar-refractivity contribution in [3.8, 4) is 0 Å². The molecule has 0 saturated heterocycles. The van der Waals surface area contributed by atoms with Gasteiger partial charge < -0.3 is 33.8 Å². The summed E-state index contributed by atoms with van der Waals surface area (Å²) >= 11 is 0. The zero-order valence-electron chi connectivity index (χ0n) is 59.0. The Morgan fingerprint density at radius 3 is 0.747 bits per heavy atom. The number of carbonyl (C=O) groups excluding carboxylic acids is 4. The standard InChI is InChI=1S/C72H140O17P2/c1-6-9-12-15-18-21-23-25-28-32-36-41-46-51-56-70(75)83-62-68(89-72(77)58-53-48-43-38-33-29-26-27-30-35-39-44-49-54-65(4)5)64-87-91(80,81)85-60-66(73)59-84-90(78,79)86-63-67(61-82-69(74)55-50-45-40-34-20-17-14-11-8-3)88-71(76)57-52-47-42-37-31-24-22-19-16-13-10-7-2/h65-68,73H,6-64H2,1-5H3,(H,78,79)(H,80,81)/t66-,67+,68+/m0/s1. The van der Waals surface area contributed by atoms with Crippen molar-refractivity contribution >= 4 is 39.5 Å². The van der Waals surface area contributed by atoms with Gasteiger partial charge in [0.15, 0.2) is 12.2 Å². The van der Waals surface area contributed by atoms with E-state index in [2.05, 4.69) is 34.6 Å². The van der Waals surface area contributed by atoms with Gasteiger partial charge in [0.05, 0.1) is 26.4 Å². The van der Waals surface area contributed by atoms with E-state index in [1.54, 1.807) is 0 Å². The highest BCUT2D eigenvalue weighted by Gasteiger charge is 2.30. The van der Waals surface area contributed by atoms with Crippen LogP contribution in [0.3, 0.4) is 0 Å². The van der Waals surface area contributed by atoms with E-state index in [0.29, 0.717) is 25.7 Å². The van der Waals surface area contributed by atoms with Crippen LogP contribution in [-0.4, -0.2) is 96.7 Å². The van der Waals surface area contributed by atoms with Crippen LogP contribution in [0.1, 0.15) is 375 Å². The van der Waals surface area contributed by atoms with Gasteiger partial charge >= 0.3 is 39.5 Å². The van der Waals surface area contributed by atoms with E-state index in [1.165, 1.54) is 199 Å². The molecule has 0 radical (unpaired) electrons. The molecular formula is C72H140O17P2. The Bertz CT molecular complexity index is 1750. The molecule has 19 heteroatoms. The third kappa shape index (κ3) is 66.5. The summed E-state index contributed by atoms with van der Waals surface area (Å²) < 4.78 is 68.3. The number of unbranched alkanes of at least 4 members (excludes halogenated alkanes) is 44. The van der Waals surface area contributed by atoms with Crippen LogP contribution in [-0.2, 0) is 65.4 Å². The quantitative estimate of drug-likeness (QED) is 0.0222. The van der Waals surface area contributed by atoms with Crippen molar-refractivity contribution in [1.29, 1.82) is 0 Å². The van der Waals surface area contributed by atoms with Crippen LogP contribution >= 0.6 is 15.6 Å². The lowest BCUT2D eigenvalue weighted by Gasteiger charge is -2.21. The molecule has 0 aromatic rings. The van der Waals surface area contributed by atoms with Gasteiger partial charge in [0.1, 0.15) is 19.3 Å². The van der Waals surface area contributed by atoms with E-state index in [9.17, 15) is 43.2 Å². The molecule has 3 N–H and O–H groups in total. The maximum Gasteiger partial charge on any atom is 0.472 e. The number of hydrogen-bond acceptors (Lipinski definition) is 15. The fraction of sp³-hybridized carbons (Fsp3) is 0.944. The van der Waals surface area contributed by atoms with Crippen molar-refractivity contribution in [2.24, 2.45) is 5.92 Å². The minimum Gasteiger partial charge on any atom is -0.462 e. The van der Waals surface area contributed by atoms with Gasteiger partial charge in [-0.2, -0.15) is 0 Å². The average molecular weight is 1340 g/mol. The lowest BCUT2D eigenvalue weighted by atomic mass is 10.0. The van der Waals surface area contributed by atoms with E-state index in [1.807, 2.05) is 0 Å². The Morgan fingerprint density at radius 2 is 0.505 bits per heavy atom. The topological polar surface area (TPSA) is 237 Å². The molecule has 0 amide bonds. The number of phosphoric ester groups is 2. The Labute approximate surface area is 556 Å². The number of ether oxygens (including phenoxy) is 4. The van der Waals surface area contributed by atoms with E-state index in [0.717, 1.165) is 95.8 Å². The smallest absolute Gasteiger partial charge is 0.462 e. The highest BCUT2D eigenvalue weighted by atomic mass is 31.2. The van der Waals surface area contributed by atoms with Gasteiger partial charge in [0.2, 0.25) is 0 Å². The van der Waals surface area contributed by atoms with Crippen molar-refractivity contribution < 1.29 is 80.2 Å². The first-order valence-electron chi connectivity index (χ1n) is 37.6. The van der Waals surface area contributed by atoms with Crippen LogP contribution in [0.25, 0.3) is 0 Å². The van der Waals surface area contributed by atoms with Crippen LogP contribution in [0.2, 0.25) is 0 Å². The summed E-state index contributed by atoms with van der Waals surface area (Å²) in [5, 5.41) is 10.6. The Kier molecular flexibility index (Phi) is 64.0. The SMILES string of the molecule is CCCCCCCCCCCCCCCCC(=O)OC[C@H](COP(=O)(O)OC[C@@H](O)COP(=O)(O)OC[C@@H](COC(=O)CCCCCCCCCCC)OC(=O)CCCCCCCCCCCCCC)OC(=O)CCCCCCCCCCCCCCCC(C)C. The van der Waals surface area contributed by atoms with Gasteiger partial charge in [-0.15, -0.1) is 0 Å². The summed E-state index contributed by atoms with van der Waals surface area (Å²) in [6.07, 6.45) is 52.5. The molecule has 0 rings (SSSR count). The third-order valence-corrected chi connectivity index (χ3v) is 18.7. The largest absolute Gasteiger partial charge is 0.472 e. The molecular weight excluding hydrogens is 1200 g/mol. The molecule has 0 bridgehead atoms. The summed E-state index contributed by atoms with van der Waals surface area (Å²) in [5.74, 6) is -1.33. The number of phosphoric acid groups is 2. The molecule has 5 atom stereocenters. The summed E-state index contributed by atoms with van der Waals surface area (Å²) in [6.45, 7) is 7.27. The summed E-state index contributed by atoms with van der Waals surface area (Å²) in [4.78, 5) is 72.6. The second kappa shape index (κ2) is 65.4. The van der Waals surface area contributed by atoms with Gasteiger partial charge in [-0.05, 0) is 31.6 Å². The van der Waals surface area contributed by atoms with Crippen molar-refractivity contribution in [1.82, 2.24) is 0 Å². The first kappa shape index (κ1) is 89.1. The molecule has 17 nitrogen and oxygen atoms in total. The van der Waals surface area contributed by atoms with Crippen molar-refractivity contribution in [2.45, 2.75) is 393 Å². The third-order valence-electron chi connectivity index (χ3n) is 16.8. The first-order valence-corrected chi connectivity index (χ1v) is 40.6. The van der Waals surface area contributed by atoms with Crippen LogP contribution in [0.15, 0.2) is 0 Å². The van der Waals surface area contributed by atoms with Gasteiger partial charge in [-0.1, -0.05) is 324 Å². The number of aliphatic hydroxyl groups excluding tert-OH is 1. The van der Waals surface area contributed by atoms with Crippen LogP contribution in [0.5, 0.6) is 0 Å². The van der Waals surface area contributed by atoms with Crippen LogP contribution < -0.4 is 0 Å². The van der Waals surface area contributed by atoms with Crippen molar-refractivity contribution in [3.63, 3.8) is 0 Å². The van der Waals surface area contributed by atoms with Gasteiger partial charge in [-0.3, -0.25) is 37.3 Å². The highest BCUT2D eigenvalue weighted by Crippen LogP contribution is 2.45. The second-order valence-corrected chi connectivity index (χ2v) is 29.4. The molecule has 0 fully saturated rings. The Hall–Kier alpha value is -1.94. The van der Waals surface area contributed by atoms with Crippen LogP contribution in [0, 0.1) is 5.92 Å². The lowest BCUT2D eigenvalue weighted by molar-refractivity contribution is -0.161. The average Bonchev–Trinajstić information content (AvgIpc) is 2.37. The van der Waals surface area contributed by atoms with E-state index < -0.39 is 97.5 Å². The first-order chi connectivity index (χ1) is 44.0. The molecule has 0 saturated carbocycles. The number of hydrogen-bond donors (Lipinski definition) is 3. The molecule has 0 aromatic heterocycles.